The Balaban J connectivity index is 0.973. The third kappa shape index (κ3) is 13.4. The number of hydrogen-bond donors (Lipinski definition) is 0. The van der Waals surface area contributed by atoms with Crippen LogP contribution in [0.4, 0.5) is 85.3 Å². The van der Waals surface area contributed by atoms with Crippen molar-refractivity contribution in [3.8, 4) is 44.9 Å². The molecule has 0 bridgehead atoms. The predicted octanol–water partition coefficient (Wildman–Crippen LogP) is 27.2. The second-order valence-corrected chi connectivity index (χ2v) is 47.6. The number of ether oxygens (including phenoxy) is 1. The molecular formula is C120H124B3N5O. The smallest absolute Gasteiger partial charge is 0.252 e. The van der Waals surface area contributed by atoms with E-state index in [0.29, 0.717) is 0 Å². The summed E-state index contributed by atoms with van der Waals surface area (Å²) in [5.74, 6) is 1.74. The zero-order valence-corrected chi connectivity index (χ0v) is 81.2. The SMILES string of the molecule is CC(C)(C)c1cc(N2c3cc(-c4ccccc4)ccc3B3c4cc5c(cc4N(c4cc(C(C)(C)C)cc(C(C)(C)C)c4)c4cc(C(C)(C)C)cc2c43)N(c2cc(C(C)(C)C)cc(C(C)(C)C)c2)c2cc3c4c6c2B5c2ccc(-c5ccccc5)c5c2N6c2c(ccc(-c6ccccc6)c2O5)B4c2ccccc2N3c2cc(C(C)(C)C)cc(C(C)(C)C)c2)cc(C(C)(C)C)c1. The number of hydrogen-bond acceptors (Lipinski definition) is 6. The van der Waals surface area contributed by atoms with Crippen molar-refractivity contribution in [3.63, 3.8) is 0 Å². The van der Waals surface area contributed by atoms with Crippen LogP contribution in [0.3, 0.4) is 0 Å². The lowest BCUT2D eigenvalue weighted by atomic mass is 9.27. The largest absolute Gasteiger partial charge is 0.452 e. The van der Waals surface area contributed by atoms with E-state index in [1.807, 2.05) is 0 Å². The molecule has 0 atom stereocenters. The zero-order chi connectivity index (χ0) is 90.9. The molecule has 644 valence electrons. The second-order valence-electron chi connectivity index (χ2n) is 47.6. The van der Waals surface area contributed by atoms with Crippen molar-refractivity contribution < 1.29 is 4.74 Å². The number of anilines is 15. The Morgan fingerprint density at radius 2 is 0.465 bits per heavy atom. The van der Waals surface area contributed by atoms with Gasteiger partial charge in [0.2, 0.25) is 0 Å². The highest BCUT2D eigenvalue weighted by molar-refractivity contribution is 7.06. The van der Waals surface area contributed by atoms with Gasteiger partial charge in [-0.2, -0.15) is 0 Å². The summed E-state index contributed by atoms with van der Waals surface area (Å²) in [5, 5.41) is 0. The summed E-state index contributed by atoms with van der Waals surface area (Å²) in [6, 6.07) is 104. The molecule has 0 spiro atoms. The van der Waals surface area contributed by atoms with Crippen LogP contribution >= 0.6 is 0 Å². The summed E-state index contributed by atoms with van der Waals surface area (Å²) in [6.45, 7) is 64.0. The molecular weight excluding hydrogens is 1560 g/mol. The fraction of sp³-hybridized carbons (Fsp3) is 0.300. The van der Waals surface area contributed by atoms with Crippen molar-refractivity contribution in [1.82, 2.24) is 0 Å². The minimum absolute atomic E-state index is 0.167. The third-order valence-electron chi connectivity index (χ3n) is 29.2. The Morgan fingerprint density at radius 1 is 0.186 bits per heavy atom. The molecule has 0 N–H and O–H groups in total. The first-order chi connectivity index (χ1) is 60.7. The number of benzene rings is 14. The molecule has 21 rings (SSSR count). The van der Waals surface area contributed by atoms with Crippen molar-refractivity contribution in [3.05, 3.63) is 311 Å². The van der Waals surface area contributed by atoms with Crippen molar-refractivity contribution in [2.45, 2.75) is 236 Å². The van der Waals surface area contributed by atoms with Crippen molar-refractivity contribution in [1.29, 1.82) is 0 Å². The second kappa shape index (κ2) is 28.3. The minimum atomic E-state index is -0.350. The van der Waals surface area contributed by atoms with Gasteiger partial charge < -0.3 is 29.2 Å². The first-order valence-electron chi connectivity index (χ1n) is 47.3. The van der Waals surface area contributed by atoms with Gasteiger partial charge in [0, 0.05) is 85.1 Å². The van der Waals surface area contributed by atoms with Crippen molar-refractivity contribution in [2.24, 2.45) is 0 Å². The zero-order valence-electron chi connectivity index (χ0n) is 81.2. The molecule has 0 saturated heterocycles. The highest BCUT2D eigenvalue weighted by atomic mass is 16.5. The fourth-order valence-corrected chi connectivity index (χ4v) is 21.7. The number of nitrogens with zero attached hydrogens (tertiary/aromatic N) is 5. The van der Waals surface area contributed by atoms with Crippen LogP contribution in [0, 0.1) is 0 Å². The summed E-state index contributed by atoms with van der Waals surface area (Å²) < 4.78 is 8.29. The minimum Gasteiger partial charge on any atom is -0.452 e. The molecule has 6 nitrogen and oxygen atoms in total. The van der Waals surface area contributed by atoms with Crippen LogP contribution in [-0.4, -0.2) is 20.1 Å². The highest BCUT2D eigenvalue weighted by Gasteiger charge is 2.57. The first-order valence-corrected chi connectivity index (χ1v) is 47.3. The predicted molar refractivity (Wildman–Crippen MR) is 559 cm³/mol. The Morgan fingerprint density at radius 3 is 0.829 bits per heavy atom. The van der Waals surface area contributed by atoms with Gasteiger partial charge in [-0.15, -0.1) is 0 Å². The summed E-state index contributed by atoms with van der Waals surface area (Å²) in [7, 11) is 0. The van der Waals surface area contributed by atoms with Gasteiger partial charge in [0.15, 0.2) is 11.5 Å². The molecule has 0 radical (unpaired) electrons. The Labute approximate surface area is 770 Å². The maximum Gasteiger partial charge on any atom is 0.252 e. The van der Waals surface area contributed by atoms with E-state index in [9.17, 15) is 0 Å². The Hall–Kier alpha value is -11.9. The molecule has 0 unspecified atom stereocenters. The standard InChI is InChI=1S/C120H124B3N5O/c1-112(2,3)75-54-76(113(4,5)6)59-84(58-75)124-96-46-38-37-45-90(96)121-92-51-48-88(72-41-33-29-34-42-72)110-107(92)128-108-93(52-49-89(111(108)129-110)73-43-35-30-36-44-73)123-95-68-94-98(69-99(95)127(103-70-102(124)105(121)109(128)106(103)123)87-64-81(118(19,20)21)57-82(65-87)119(22,23)24)126(86-62-79(116(13,14)15)56-80(63-86)117(16,17)18)101-67-83(120(25,26)27)66-100-104(101)122(94)91-50-47-74(71-39-31-28-32-40-71)53-97(91)125(100)85-60-77(114(7,8)9)55-78(61-85)115(10,11)12/h28-70H,1-27H3. The molecule has 14 aromatic carbocycles. The molecule has 0 saturated carbocycles. The monoisotopic (exact) mass is 1680 g/mol. The van der Waals surface area contributed by atoms with Crippen molar-refractivity contribution >= 4 is 155 Å². The molecule has 7 heterocycles. The van der Waals surface area contributed by atoms with Gasteiger partial charge in [-0.3, -0.25) is 0 Å². The maximum absolute atomic E-state index is 8.29. The average molecular weight is 1680 g/mol. The van der Waals surface area contributed by atoms with Crippen LogP contribution in [0.25, 0.3) is 33.4 Å². The van der Waals surface area contributed by atoms with E-state index in [4.69, 9.17) is 4.74 Å². The Bertz CT molecular complexity index is 6920. The topological polar surface area (TPSA) is 25.4 Å². The lowest BCUT2D eigenvalue weighted by molar-refractivity contribution is 0.481. The summed E-state index contributed by atoms with van der Waals surface area (Å²) in [4.78, 5) is 13.8. The van der Waals surface area contributed by atoms with Gasteiger partial charge >= 0.3 is 0 Å². The third-order valence-corrected chi connectivity index (χ3v) is 29.2. The molecule has 0 aromatic heterocycles. The lowest BCUT2D eigenvalue weighted by Crippen LogP contribution is -2.69. The number of rotatable bonds is 7. The molecule has 0 aliphatic carbocycles. The highest BCUT2D eigenvalue weighted by Crippen LogP contribution is 2.62. The van der Waals surface area contributed by atoms with Gasteiger partial charge in [-0.05, 0) is 255 Å². The van der Waals surface area contributed by atoms with E-state index in [0.717, 1.165) is 73.6 Å². The quantitative estimate of drug-likeness (QED) is 0.148. The van der Waals surface area contributed by atoms with Crippen LogP contribution < -0.4 is 78.4 Å². The van der Waals surface area contributed by atoms with Gasteiger partial charge in [0.1, 0.15) is 0 Å². The Kier molecular flexibility index (Phi) is 18.4. The summed E-state index contributed by atoms with van der Waals surface area (Å²) in [6.07, 6.45) is 0. The molecule has 129 heavy (non-hydrogen) atoms. The van der Waals surface area contributed by atoms with Gasteiger partial charge in [-0.1, -0.05) is 363 Å². The van der Waals surface area contributed by atoms with E-state index in [-0.39, 0.29) is 68.9 Å². The average Bonchev–Trinajstić information content (AvgIpc) is 0.653. The fourth-order valence-electron chi connectivity index (χ4n) is 21.7. The first kappa shape index (κ1) is 84.0. The van der Waals surface area contributed by atoms with Gasteiger partial charge in [-0.25, -0.2) is 0 Å². The normalized spacial score (nSPS) is 14.7. The maximum atomic E-state index is 8.29. The molecule has 9 heteroatoms. The molecule has 0 fully saturated rings. The van der Waals surface area contributed by atoms with Gasteiger partial charge in [0.25, 0.3) is 20.1 Å². The lowest BCUT2D eigenvalue weighted by Gasteiger charge is -2.53. The molecule has 14 aromatic rings. The molecule has 7 aliphatic rings. The number of fused-ring (bicyclic) bond motifs is 10. The molecule has 0 amide bonds. The summed E-state index contributed by atoms with van der Waals surface area (Å²) in [5.41, 5.74) is 45.4. The number of para-hydroxylation sites is 1. The van der Waals surface area contributed by atoms with Crippen LogP contribution in [0.1, 0.15) is 237 Å². The van der Waals surface area contributed by atoms with Crippen LogP contribution in [-0.2, 0) is 48.7 Å². The van der Waals surface area contributed by atoms with Crippen LogP contribution in [0.5, 0.6) is 11.5 Å². The van der Waals surface area contributed by atoms with E-state index in [1.54, 1.807) is 0 Å². The van der Waals surface area contributed by atoms with Crippen molar-refractivity contribution in [2.75, 3.05) is 24.5 Å². The van der Waals surface area contributed by atoms with E-state index < -0.39 is 0 Å². The van der Waals surface area contributed by atoms with Crippen LogP contribution in [0.15, 0.2) is 261 Å². The van der Waals surface area contributed by atoms with Gasteiger partial charge in [0.05, 0.1) is 11.4 Å². The van der Waals surface area contributed by atoms with E-state index in [1.165, 1.54) is 156 Å². The van der Waals surface area contributed by atoms with Crippen LogP contribution in [0.2, 0.25) is 0 Å². The molecule has 7 aliphatic heterocycles. The van der Waals surface area contributed by atoms with E-state index in [2.05, 4.69) is 472 Å². The summed E-state index contributed by atoms with van der Waals surface area (Å²) >= 11 is 0. The van der Waals surface area contributed by atoms with E-state index >= 15 is 0 Å².